The number of carbonyl (C=O) groups is 2. The molecule has 41 heavy (non-hydrogen) atoms. The summed E-state index contributed by atoms with van der Waals surface area (Å²) in [6, 6.07) is 11.9. The van der Waals surface area contributed by atoms with Crippen molar-refractivity contribution in [2.45, 2.75) is 39.8 Å². The number of hydrogen-bond acceptors (Lipinski definition) is 3. The summed E-state index contributed by atoms with van der Waals surface area (Å²) in [6.07, 6.45) is 0.0105. The van der Waals surface area contributed by atoms with Gasteiger partial charge in [-0.2, -0.15) is 13.2 Å². The fraction of sp³-hybridized carbons (Fsp3) is 0.500. The SMILES string of the molecule is Cc1ccccc1C(=O)N1CCN(CCN(CC2=CCC3CC2C3(C)C)C(=O)Nc2ccc(C(F)(F)F)cc2)CC1. The molecule has 2 aromatic rings. The van der Waals surface area contributed by atoms with Gasteiger partial charge in [-0.3, -0.25) is 9.69 Å². The van der Waals surface area contributed by atoms with Crippen molar-refractivity contribution in [3.63, 3.8) is 0 Å². The van der Waals surface area contributed by atoms with Gasteiger partial charge in [-0.05, 0) is 72.9 Å². The molecule has 9 heteroatoms. The molecule has 1 heterocycles. The summed E-state index contributed by atoms with van der Waals surface area (Å²) < 4.78 is 39.0. The summed E-state index contributed by atoms with van der Waals surface area (Å²) in [5.74, 6) is 1.17. The zero-order chi connectivity index (χ0) is 29.4. The number of urea groups is 1. The van der Waals surface area contributed by atoms with Crippen LogP contribution in [0.5, 0.6) is 0 Å². The number of aryl methyl sites for hydroxylation is 1. The van der Waals surface area contributed by atoms with Crippen molar-refractivity contribution in [2.75, 3.05) is 51.1 Å². The number of nitrogens with zero attached hydrogens (tertiary/aromatic N) is 3. The Bertz CT molecular complexity index is 1300. The van der Waals surface area contributed by atoms with Crippen LogP contribution in [0.4, 0.5) is 23.7 Å². The molecule has 3 amide bonds. The number of allylic oxidation sites excluding steroid dienone is 1. The summed E-state index contributed by atoms with van der Waals surface area (Å²) >= 11 is 0. The van der Waals surface area contributed by atoms with Crippen LogP contribution in [-0.4, -0.2) is 72.5 Å². The molecule has 2 unspecified atom stereocenters. The van der Waals surface area contributed by atoms with Gasteiger partial charge in [-0.1, -0.05) is 43.7 Å². The van der Waals surface area contributed by atoms with Gasteiger partial charge in [0.15, 0.2) is 0 Å². The number of anilines is 1. The highest BCUT2D eigenvalue weighted by Gasteiger charge is 2.51. The lowest BCUT2D eigenvalue weighted by atomic mass is 9.49. The smallest absolute Gasteiger partial charge is 0.336 e. The van der Waals surface area contributed by atoms with E-state index in [1.165, 1.54) is 17.7 Å². The van der Waals surface area contributed by atoms with Crippen molar-refractivity contribution in [3.8, 4) is 0 Å². The highest BCUT2D eigenvalue weighted by molar-refractivity contribution is 5.95. The Hall–Kier alpha value is -3.33. The Morgan fingerprint density at radius 1 is 1.02 bits per heavy atom. The molecule has 2 bridgehead atoms. The molecule has 2 fully saturated rings. The van der Waals surface area contributed by atoms with Crippen molar-refractivity contribution in [2.24, 2.45) is 17.3 Å². The highest BCUT2D eigenvalue weighted by Crippen LogP contribution is 2.59. The Balaban J connectivity index is 1.22. The van der Waals surface area contributed by atoms with E-state index in [2.05, 4.69) is 30.1 Å². The van der Waals surface area contributed by atoms with E-state index in [1.807, 2.05) is 36.1 Å². The first kappa shape index (κ1) is 29.2. The molecule has 1 saturated carbocycles. The lowest BCUT2D eigenvalue weighted by Gasteiger charge is -2.57. The highest BCUT2D eigenvalue weighted by atomic mass is 19.4. The number of fused-ring (bicyclic) bond motifs is 1. The summed E-state index contributed by atoms with van der Waals surface area (Å²) in [4.78, 5) is 32.4. The fourth-order valence-corrected chi connectivity index (χ4v) is 6.49. The summed E-state index contributed by atoms with van der Waals surface area (Å²) in [6.45, 7) is 10.8. The predicted octanol–water partition coefficient (Wildman–Crippen LogP) is 6.30. The van der Waals surface area contributed by atoms with Crippen molar-refractivity contribution >= 4 is 17.6 Å². The molecule has 220 valence electrons. The van der Waals surface area contributed by atoms with Crippen LogP contribution < -0.4 is 5.32 Å². The molecule has 0 aromatic heterocycles. The van der Waals surface area contributed by atoms with Crippen molar-refractivity contribution in [1.29, 1.82) is 0 Å². The van der Waals surface area contributed by atoms with Crippen LogP contribution in [0.2, 0.25) is 0 Å². The molecule has 6 nitrogen and oxygen atoms in total. The van der Waals surface area contributed by atoms with E-state index in [0.29, 0.717) is 63.3 Å². The second-order valence-corrected chi connectivity index (χ2v) is 12.2. The van der Waals surface area contributed by atoms with Gasteiger partial charge in [0.25, 0.3) is 5.91 Å². The number of hydrogen-bond donors (Lipinski definition) is 1. The number of alkyl halides is 3. The van der Waals surface area contributed by atoms with Crippen molar-refractivity contribution in [1.82, 2.24) is 14.7 Å². The quantitative estimate of drug-likeness (QED) is 0.399. The van der Waals surface area contributed by atoms with E-state index in [-0.39, 0.29) is 17.4 Å². The number of piperazine rings is 1. The van der Waals surface area contributed by atoms with Gasteiger partial charge in [-0.25, -0.2) is 4.79 Å². The molecule has 4 aliphatic rings. The third kappa shape index (κ3) is 6.30. The van der Waals surface area contributed by atoms with Crippen LogP contribution in [-0.2, 0) is 6.18 Å². The number of nitrogens with one attached hydrogen (secondary N) is 1. The van der Waals surface area contributed by atoms with Gasteiger partial charge in [-0.15, -0.1) is 0 Å². The zero-order valence-corrected chi connectivity index (χ0v) is 24.0. The average molecular weight is 569 g/mol. The first-order chi connectivity index (χ1) is 19.4. The lowest BCUT2D eigenvalue weighted by Crippen LogP contribution is -2.52. The number of carbonyl (C=O) groups excluding carboxylic acids is 2. The summed E-state index contributed by atoms with van der Waals surface area (Å²) in [7, 11) is 0. The molecular weight excluding hydrogens is 529 g/mol. The number of amides is 3. The third-order valence-electron chi connectivity index (χ3n) is 9.43. The molecule has 1 N–H and O–H groups in total. The predicted molar refractivity (Wildman–Crippen MR) is 154 cm³/mol. The Kier molecular flexibility index (Phi) is 8.19. The van der Waals surface area contributed by atoms with Crippen LogP contribution >= 0.6 is 0 Å². The van der Waals surface area contributed by atoms with Crippen LogP contribution in [0, 0.1) is 24.2 Å². The van der Waals surface area contributed by atoms with Gasteiger partial charge in [0.2, 0.25) is 0 Å². The van der Waals surface area contributed by atoms with Crippen molar-refractivity contribution in [3.05, 3.63) is 76.9 Å². The van der Waals surface area contributed by atoms with Crippen LogP contribution in [0.1, 0.15) is 48.2 Å². The topological polar surface area (TPSA) is 55.9 Å². The van der Waals surface area contributed by atoms with E-state index in [9.17, 15) is 22.8 Å². The van der Waals surface area contributed by atoms with Gasteiger partial charge >= 0.3 is 12.2 Å². The second-order valence-electron chi connectivity index (χ2n) is 12.2. The van der Waals surface area contributed by atoms with E-state index in [0.717, 1.165) is 36.1 Å². The molecule has 3 aliphatic carbocycles. The number of benzene rings is 2. The normalized spacial score (nSPS) is 22.0. The van der Waals surface area contributed by atoms with E-state index in [1.54, 1.807) is 4.90 Å². The molecule has 2 atom stereocenters. The first-order valence-corrected chi connectivity index (χ1v) is 14.4. The maximum Gasteiger partial charge on any atom is 0.416 e. The molecule has 6 rings (SSSR count). The second kappa shape index (κ2) is 11.5. The lowest BCUT2D eigenvalue weighted by molar-refractivity contribution is -0.137. The molecule has 1 saturated heterocycles. The molecule has 0 spiro atoms. The number of halogens is 3. The molecular formula is C32H39F3N4O2. The molecule has 2 aromatic carbocycles. The maximum absolute atomic E-state index is 13.4. The van der Waals surface area contributed by atoms with E-state index in [4.69, 9.17) is 0 Å². The largest absolute Gasteiger partial charge is 0.416 e. The Labute approximate surface area is 240 Å². The van der Waals surface area contributed by atoms with Gasteiger partial charge in [0.1, 0.15) is 0 Å². The zero-order valence-electron chi connectivity index (χ0n) is 24.0. The van der Waals surface area contributed by atoms with E-state index >= 15 is 0 Å². The van der Waals surface area contributed by atoms with Crippen LogP contribution in [0.25, 0.3) is 0 Å². The minimum absolute atomic E-state index is 0.0472. The van der Waals surface area contributed by atoms with Crippen LogP contribution in [0.3, 0.4) is 0 Å². The number of rotatable bonds is 7. The summed E-state index contributed by atoms with van der Waals surface area (Å²) in [5.41, 5.74) is 2.77. The van der Waals surface area contributed by atoms with Gasteiger partial charge < -0.3 is 15.1 Å². The minimum atomic E-state index is -4.43. The standard InChI is InChI=1S/C32H39F3N4O2/c1-22-6-4-5-7-27(22)29(40)38-17-14-37(15-18-38)16-19-39(21-23-8-9-25-20-28(23)31(25,2)3)30(41)36-26-12-10-24(11-13-26)32(33,34)35/h4-8,10-13,25,28H,9,14-21H2,1-3H3,(H,36,41). The maximum atomic E-state index is 13.4. The third-order valence-corrected chi connectivity index (χ3v) is 9.43. The fourth-order valence-electron chi connectivity index (χ4n) is 6.49. The first-order valence-electron chi connectivity index (χ1n) is 14.4. The van der Waals surface area contributed by atoms with Crippen molar-refractivity contribution < 1.29 is 22.8 Å². The average Bonchev–Trinajstić information content (AvgIpc) is 2.95. The van der Waals surface area contributed by atoms with E-state index < -0.39 is 11.7 Å². The van der Waals surface area contributed by atoms with Crippen LogP contribution in [0.15, 0.2) is 60.2 Å². The van der Waals surface area contributed by atoms with Gasteiger partial charge in [0, 0.05) is 57.1 Å². The Morgan fingerprint density at radius 3 is 2.32 bits per heavy atom. The van der Waals surface area contributed by atoms with Gasteiger partial charge in [0.05, 0.1) is 5.56 Å². The summed E-state index contributed by atoms with van der Waals surface area (Å²) in [5, 5.41) is 2.81. The monoisotopic (exact) mass is 568 g/mol. The minimum Gasteiger partial charge on any atom is -0.336 e. The Morgan fingerprint density at radius 2 is 1.71 bits per heavy atom. The molecule has 1 aliphatic heterocycles. The molecule has 0 radical (unpaired) electrons.